The van der Waals surface area contributed by atoms with Crippen molar-refractivity contribution in [1.82, 2.24) is 20.6 Å². The smallest absolute Gasteiger partial charge is 0.223 e. The standard InChI is InChI=1S/C18H26ClN5O2/c19-16-4-5-17(22-21-16)23-9-6-13(7-10-23)18(25)20-12-15-11-14-3-1-2-8-24(14)26-15/h4-5,13-15H,1-3,6-12H2,(H,20,25)/t14-,15+/m1/s1. The highest BCUT2D eigenvalue weighted by molar-refractivity contribution is 6.29. The summed E-state index contributed by atoms with van der Waals surface area (Å²) in [7, 11) is 0. The van der Waals surface area contributed by atoms with E-state index in [0.717, 1.165) is 44.7 Å². The van der Waals surface area contributed by atoms with Crippen LogP contribution in [0.2, 0.25) is 5.15 Å². The molecule has 2 atom stereocenters. The average Bonchev–Trinajstić information content (AvgIpc) is 3.10. The summed E-state index contributed by atoms with van der Waals surface area (Å²) in [6.07, 6.45) is 6.55. The first-order chi connectivity index (χ1) is 12.7. The zero-order chi connectivity index (χ0) is 17.9. The highest BCUT2D eigenvalue weighted by atomic mass is 35.5. The predicted molar refractivity (Wildman–Crippen MR) is 98.8 cm³/mol. The number of aromatic nitrogens is 2. The molecule has 0 spiro atoms. The molecular formula is C18H26ClN5O2. The summed E-state index contributed by atoms with van der Waals surface area (Å²) < 4.78 is 0. The summed E-state index contributed by atoms with van der Waals surface area (Å²) in [5.41, 5.74) is 0. The number of anilines is 1. The molecule has 3 aliphatic heterocycles. The molecule has 142 valence electrons. The molecule has 1 N–H and O–H groups in total. The fraction of sp³-hybridized carbons (Fsp3) is 0.722. The molecule has 4 rings (SSSR count). The van der Waals surface area contributed by atoms with Gasteiger partial charge in [-0.05, 0) is 44.2 Å². The minimum atomic E-state index is 0.0653. The third kappa shape index (κ3) is 4.10. The first-order valence-corrected chi connectivity index (χ1v) is 10.0. The molecule has 3 aliphatic rings. The van der Waals surface area contributed by atoms with Crippen LogP contribution < -0.4 is 10.2 Å². The molecular weight excluding hydrogens is 354 g/mol. The molecule has 0 aliphatic carbocycles. The van der Waals surface area contributed by atoms with E-state index in [1.54, 1.807) is 6.07 Å². The number of hydrogen-bond acceptors (Lipinski definition) is 6. The predicted octanol–water partition coefficient (Wildman–Crippen LogP) is 2.02. The lowest BCUT2D eigenvalue weighted by molar-refractivity contribution is -0.170. The number of amides is 1. The molecule has 1 aromatic rings. The Balaban J connectivity index is 1.21. The van der Waals surface area contributed by atoms with Crippen LogP contribution >= 0.6 is 11.6 Å². The Bertz CT molecular complexity index is 607. The molecule has 0 bridgehead atoms. The third-order valence-electron chi connectivity index (χ3n) is 5.70. The van der Waals surface area contributed by atoms with Crippen molar-refractivity contribution in [3.05, 3.63) is 17.3 Å². The minimum Gasteiger partial charge on any atom is -0.355 e. The van der Waals surface area contributed by atoms with Gasteiger partial charge in [-0.1, -0.05) is 18.0 Å². The quantitative estimate of drug-likeness (QED) is 0.863. The van der Waals surface area contributed by atoms with E-state index in [4.69, 9.17) is 16.4 Å². The molecule has 3 fully saturated rings. The number of hydrogen-bond donors (Lipinski definition) is 1. The number of fused-ring (bicyclic) bond motifs is 1. The van der Waals surface area contributed by atoms with Crippen LogP contribution in [0.15, 0.2) is 12.1 Å². The number of piperidine rings is 2. The second kappa shape index (κ2) is 8.06. The fourth-order valence-corrected chi connectivity index (χ4v) is 4.31. The lowest BCUT2D eigenvalue weighted by Gasteiger charge is -2.32. The van der Waals surface area contributed by atoms with Crippen molar-refractivity contribution in [3.63, 3.8) is 0 Å². The summed E-state index contributed by atoms with van der Waals surface area (Å²) in [4.78, 5) is 20.6. The number of nitrogens with zero attached hydrogens (tertiary/aromatic N) is 4. The van der Waals surface area contributed by atoms with Crippen molar-refractivity contribution in [2.75, 3.05) is 31.1 Å². The summed E-state index contributed by atoms with van der Waals surface area (Å²) in [6, 6.07) is 4.18. The summed E-state index contributed by atoms with van der Waals surface area (Å²) in [5.74, 6) is 1.04. The molecule has 0 radical (unpaired) electrons. The topological polar surface area (TPSA) is 70.6 Å². The van der Waals surface area contributed by atoms with Gasteiger partial charge in [-0.3, -0.25) is 9.63 Å². The number of carbonyl (C=O) groups is 1. The maximum Gasteiger partial charge on any atom is 0.223 e. The van der Waals surface area contributed by atoms with Crippen LogP contribution in [0.4, 0.5) is 5.82 Å². The Morgan fingerprint density at radius 2 is 2.04 bits per heavy atom. The molecule has 26 heavy (non-hydrogen) atoms. The monoisotopic (exact) mass is 379 g/mol. The Kier molecular flexibility index (Phi) is 5.57. The van der Waals surface area contributed by atoms with E-state index >= 15 is 0 Å². The zero-order valence-corrected chi connectivity index (χ0v) is 15.7. The lowest BCUT2D eigenvalue weighted by Crippen LogP contribution is -2.42. The Morgan fingerprint density at radius 1 is 1.19 bits per heavy atom. The van der Waals surface area contributed by atoms with Crippen LogP contribution in [0.1, 0.15) is 38.5 Å². The normalized spacial score (nSPS) is 27.3. The van der Waals surface area contributed by atoms with E-state index in [1.165, 1.54) is 19.3 Å². The molecule has 1 aromatic heterocycles. The molecule has 0 aromatic carbocycles. The number of carbonyl (C=O) groups excluding carboxylic acids is 1. The van der Waals surface area contributed by atoms with Crippen molar-refractivity contribution in [1.29, 1.82) is 0 Å². The number of nitrogens with one attached hydrogen (secondary N) is 1. The second-order valence-electron chi connectivity index (χ2n) is 7.47. The first-order valence-electron chi connectivity index (χ1n) is 9.64. The van der Waals surface area contributed by atoms with Crippen molar-refractivity contribution in [3.8, 4) is 0 Å². The van der Waals surface area contributed by atoms with E-state index in [0.29, 0.717) is 17.7 Å². The molecule has 0 saturated carbocycles. The maximum atomic E-state index is 12.5. The van der Waals surface area contributed by atoms with Gasteiger partial charge in [-0.25, -0.2) is 0 Å². The van der Waals surface area contributed by atoms with E-state index in [9.17, 15) is 4.79 Å². The minimum absolute atomic E-state index is 0.0653. The Hall–Kier alpha value is -1.44. The number of hydroxylamine groups is 2. The van der Waals surface area contributed by atoms with E-state index in [2.05, 4.69) is 25.5 Å². The molecule has 1 amide bonds. The van der Waals surface area contributed by atoms with E-state index in [1.807, 2.05) is 6.07 Å². The van der Waals surface area contributed by atoms with Crippen LogP contribution in [0.25, 0.3) is 0 Å². The maximum absolute atomic E-state index is 12.5. The number of rotatable bonds is 4. The van der Waals surface area contributed by atoms with Crippen LogP contribution in [-0.2, 0) is 9.63 Å². The Labute approximate surface area is 159 Å². The highest BCUT2D eigenvalue weighted by Gasteiger charge is 2.35. The van der Waals surface area contributed by atoms with Gasteiger partial charge in [0.05, 0.1) is 6.10 Å². The van der Waals surface area contributed by atoms with Gasteiger partial charge in [-0.15, -0.1) is 10.2 Å². The lowest BCUT2D eigenvalue weighted by atomic mass is 9.95. The fourth-order valence-electron chi connectivity index (χ4n) is 4.21. The summed E-state index contributed by atoms with van der Waals surface area (Å²) in [5, 5.41) is 13.6. The third-order valence-corrected chi connectivity index (χ3v) is 5.91. The Morgan fingerprint density at radius 3 is 2.77 bits per heavy atom. The van der Waals surface area contributed by atoms with Crippen LogP contribution in [-0.4, -0.2) is 59.5 Å². The molecule has 7 nitrogen and oxygen atoms in total. The van der Waals surface area contributed by atoms with Crippen molar-refractivity contribution >= 4 is 23.3 Å². The first kappa shape index (κ1) is 17.9. The average molecular weight is 380 g/mol. The SMILES string of the molecule is O=C(NC[C@@H]1C[C@H]2CCCCN2O1)C1CCN(c2ccc(Cl)nn2)CC1. The molecule has 4 heterocycles. The summed E-state index contributed by atoms with van der Waals surface area (Å²) >= 11 is 5.79. The van der Waals surface area contributed by atoms with Crippen LogP contribution in [0.3, 0.4) is 0 Å². The van der Waals surface area contributed by atoms with Gasteiger partial charge in [0, 0.05) is 38.1 Å². The summed E-state index contributed by atoms with van der Waals surface area (Å²) in [6.45, 7) is 3.27. The second-order valence-corrected chi connectivity index (χ2v) is 7.86. The van der Waals surface area contributed by atoms with Gasteiger partial charge in [-0.2, -0.15) is 5.06 Å². The molecule has 3 saturated heterocycles. The van der Waals surface area contributed by atoms with Crippen molar-refractivity contribution < 1.29 is 9.63 Å². The van der Waals surface area contributed by atoms with Gasteiger partial charge >= 0.3 is 0 Å². The molecule has 8 heteroatoms. The highest BCUT2D eigenvalue weighted by Crippen LogP contribution is 2.29. The zero-order valence-electron chi connectivity index (χ0n) is 14.9. The van der Waals surface area contributed by atoms with Gasteiger partial charge in [0.1, 0.15) is 0 Å². The largest absolute Gasteiger partial charge is 0.355 e. The molecule has 0 unspecified atom stereocenters. The van der Waals surface area contributed by atoms with Crippen molar-refractivity contribution in [2.24, 2.45) is 5.92 Å². The van der Waals surface area contributed by atoms with Gasteiger partial charge in [0.2, 0.25) is 5.91 Å². The van der Waals surface area contributed by atoms with E-state index < -0.39 is 0 Å². The van der Waals surface area contributed by atoms with Crippen molar-refractivity contribution in [2.45, 2.75) is 50.7 Å². The van der Waals surface area contributed by atoms with Crippen LogP contribution in [0, 0.1) is 5.92 Å². The van der Waals surface area contributed by atoms with Gasteiger partial charge < -0.3 is 10.2 Å². The van der Waals surface area contributed by atoms with Gasteiger partial charge in [0.15, 0.2) is 11.0 Å². The van der Waals surface area contributed by atoms with Gasteiger partial charge in [0.25, 0.3) is 0 Å². The van der Waals surface area contributed by atoms with Crippen LogP contribution in [0.5, 0.6) is 0 Å². The van der Waals surface area contributed by atoms with E-state index in [-0.39, 0.29) is 17.9 Å². The number of halogens is 1.